The molecule has 3 rings (SSSR count). The summed E-state index contributed by atoms with van der Waals surface area (Å²) in [5.41, 5.74) is 0.822. The fraction of sp³-hybridized carbons (Fsp3) is 0.0833. The van der Waals surface area contributed by atoms with E-state index >= 15 is 0 Å². The van der Waals surface area contributed by atoms with Gasteiger partial charge in [0.2, 0.25) is 0 Å². The number of phenolic OH excluding ortho intramolecular Hbond substituents is 1. The maximum atomic E-state index is 11.4. The van der Waals surface area contributed by atoms with Crippen LogP contribution in [0.5, 0.6) is 5.75 Å². The van der Waals surface area contributed by atoms with Gasteiger partial charge in [0.25, 0.3) is 0 Å². The summed E-state index contributed by atoms with van der Waals surface area (Å²) in [5, 5.41) is 22.9. The van der Waals surface area contributed by atoms with E-state index in [2.05, 4.69) is 20.6 Å². The number of benzene rings is 1. The van der Waals surface area contributed by atoms with Gasteiger partial charge in [-0.15, -0.1) is 5.10 Å². The van der Waals surface area contributed by atoms with Crippen LogP contribution in [0, 0.1) is 0 Å². The van der Waals surface area contributed by atoms with Crippen LogP contribution >= 0.6 is 0 Å². The van der Waals surface area contributed by atoms with Crippen LogP contribution in [0.3, 0.4) is 0 Å². The average Bonchev–Trinajstić information content (AvgIpc) is 2.79. The molecule has 0 aliphatic heterocycles. The van der Waals surface area contributed by atoms with Crippen LogP contribution in [-0.4, -0.2) is 24.9 Å². The second kappa shape index (κ2) is 4.45. The number of para-hydroxylation sites is 1. The van der Waals surface area contributed by atoms with Crippen LogP contribution in [-0.2, 0) is 6.54 Å². The van der Waals surface area contributed by atoms with Crippen molar-refractivity contribution in [1.82, 2.24) is 19.8 Å². The van der Waals surface area contributed by atoms with Gasteiger partial charge in [-0.05, 0) is 18.2 Å². The predicted octanol–water partition coefficient (Wildman–Crippen LogP) is 0.735. The zero-order valence-electron chi connectivity index (χ0n) is 9.87. The predicted molar refractivity (Wildman–Crippen MR) is 69.0 cm³/mol. The molecule has 3 aromatic rings. The van der Waals surface area contributed by atoms with Crippen LogP contribution in [0.25, 0.3) is 5.65 Å². The van der Waals surface area contributed by atoms with Crippen molar-refractivity contribution < 1.29 is 5.11 Å². The molecule has 1 aromatic carbocycles. The van der Waals surface area contributed by atoms with Gasteiger partial charge in [0.05, 0.1) is 0 Å². The molecule has 0 aliphatic carbocycles. The van der Waals surface area contributed by atoms with Crippen LogP contribution in [0.15, 0.2) is 41.2 Å². The number of aromatic hydroxyl groups is 1. The minimum atomic E-state index is -0.388. The first-order valence-corrected chi connectivity index (χ1v) is 5.69. The molecule has 96 valence electrons. The third-order valence-electron chi connectivity index (χ3n) is 2.73. The molecule has 0 atom stereocenters. The summed E-state index contributed by atoms with van der Waals surface area (Å²) < 4.78 is 1.17. The lowest BCUT2D eigenvalue weighted by atomic mass is 10.2. The monoisotopic (exact) mass is 257 g/mol. The van der Waals surface area contributed by atoms with Gasteiger partial charge in [-0.1, -0.05) is 18.2 Å². The molecule has 2 heterocycles. The van der Waals surface area contributed by atoms with Gasteiger partial charge in [0.1, 0.15) is 11.6 Å². The largest absolute Gasteiger partial charge is 0.508 e. The number of aromatic nitrogens is 4. The highest BCUT2D eigenvalue weighted by atomic mass is 16.3. The number of phenols is 1. The summed E-state index contributed by atoms with van der Waals surface area (Å²) in [7, 11) is 0. The van der Waals surface area contributed by atoms with E-state index in [0.29, 0.717) is 18.0 Å². The van der Waals surface area contributed by atoms with Crippen molar-refractivity contribution in [3.05, 3.63) is 52.4 Å². The molecule has 7 nitrogen and oxygen atoms in total. The lowest BCUT2D eigenvalue weighted by Gasteiger charge is -2.06. The fourth-order valence-corrected chi connectivity index (χ4v) is 1.74. The van der Waals surface area contributed by atoms with Crippen molar-refractivity contribution in [3.8, 4) is 5.75 Å². The molecular formula is C12H11N5O2. The maximum absolute atomic E-state index is 11.4. The first-order valence-electron chi connectivity index (χ1n) is 5.69. The van der Waals surface area contributed by atoms with E-state index in [1.807, 2.05) is 12.1 Å². The zero-order chi connectivity index (χ0) is 13.2. The average molecular weight is 257 g/mol. The van der Waals surface area contributed by atoms with Gasteiger partial charge in [-0.25, -0.2) is 9.89 Å². The summed E-state index contributed by atoms with van der Waals surface area (Å²) in [4.78, 5) is 11.4. The van der Waals surface area contributed by atoms with E-state index in [4.69, 9.17) is 0 Å². The van der Waals surface area contributed by atoms with Crippen LogP contribution < -0.4 is 11.0 Å². The molecule has 3 N–H and O–H groups in total. The third-order valence-corrected chi connectivity index (χ3v) is 2.73. The Morgan fingerprint density at radius 3 is 2.95 bits per heavy atom. The van der Waals surface area contributed by atoms with E-state index in [0.717, 1.165) is 5.56 Å². The number of hydrogen-bond donors (Lipinski definition) is 3. The lowest BCUT2D eigenvalue weighted by Crippen LogP contribution is -2.13. The maximum Gasteiger partial charge on any atom is 0.364 e. The molecule has 7 heteroatoms. The molecule has 0 bridgehead atoms. The zero-order valence-corrected chi connectivity index (χ0v) is 9.87. The lowest BCUT2D eigenvalue weighted by molar-refractivity contribution is 0.469. The third kappa shape index (κ3) is 2.13. The number of nitrogens with zero attached hydrogens (tertiary/aromatic N) is 3. The van der Waals surface area contributed by atoms with Crippen molar-refractivity contribution in [2.75, 3.05) is 5.32 Å². The van der Waals surface area contributed by atoms with E-state index in [-0.39, 0.29) is 11.4 Å². The standard InChI is InChI=1S/C12H11N5O2/c18-9-4-2-1-3-8(9)7-13-10-5-6-11-14-15-12(19)17(11)16-10/h1-6,18H,7H2,(H,13,16)(H,15,19). The molecule has 0 saturated carbocycles. The van der Waals surface area contributed by atoms with Gasteiger partial charge in [0.15, 0.2) is 5.65 Å². The van der Waals surface area contributed by atoms with Crippen LogP contribution in [0.1, 0.15) is 5.56 Å². The van der Waals surface area contributed by atoms with Gasteiger partial charge in [0, 0.05) is 12.1 Å². The molecule has 0 fully saturated rings. The molecule has 2 aromatic heterocycles. The number of fused-ring (bicyclic) bond motifs is 1. The number of rotatable bonds is 3. The van der Waals surface area contributed by atoms with E-state index < -0.39 is 0 Å². The molecular weight excluding hydrogens is 246 g/mol. The Hall–Kier alpha value is -2.83. The quantitative estimate of drug-likeness (QED) is 0.643. The summed E-state index contributed by atoms with van der Waals surface area (Å²) in [6, 6.07) is 10.4. The van der Waals surface area contributed by atoms with Crippen molar-refractivity contribution in [2.24, 2.45) is 0 Å². The Balaban J connectivity index is 1.84. The second-order valence-electron chi connectivity index (χ2n) is 4.00. The Morgan fingerprint density at radius 1 is 1.26 bits per heavy atom. The minimum absolute atomic E-state index is 0.219. The molecule has 0 aliphatic rings. The Morgan fingerprint density at radius 2 is 2.11 bits per heavy atom. The topological polar surface area (TPSA) is 95.3 Å². The highest BCUT2D eigenvalue weighted by molar-refractivity contribution is 5.44. The van der Waals surface area contributed by atoms with Gasteiger partial charge >= 0.3 is 5.69 Å². The fourth-order valence-electron chi connectivity index (χ4n) is 1.74. The molecule has 0 amide bonds. The number of anilines is 1. The summed E-state index contributed by atoms with van der Waals surface area (Å²) >= 11 is 0. The molecule has 0 saturated heterocycles. The number of aromatic amines is 1. The first kappa shape index (κ1) is 11.3. The molecule has 0 spiro atoms. The smallest absolute Gasteiger partial charge is 0.364 e. The molecule has 0 unspecified atom stereocenters. The van der Waals surface area contributed by atoms with Crippen molar-refractivity contribution in [3.63, 3.8) is 0 Å². The number of H-pyrrole nitrogens is 1. The normalized spacial score (nSPS) is 10.7. The van der Waals surface area contributed by atoms with Crippen molar-refractivity contribution in [1.29, 1.82) is 0 Å². The summed E-state index contributed by atoms with van der Waals surface area (Å²) in [5.74, 6) is 0.746. The SMILES string of the molecule is O=c1[nH]nc2ccc(NCc3ccccc3O)nn12. The van der Waals surface area contributed by atoms with Crippen LogP contribution in [0.2, 0.25) is 0 Å². The Labute approximate surface area is 107 Å². The number of nitrogens with one attached hydrogen (secondary N) is 2. The minimum Gasteiger partial charge on any atom is -0.508 e. The van der Waals surface area contributed by atoms with Gasteiger partial charge < -0.3 is 10.4 Å². The van der Waals surface area contributed by atoms with E-state index in [1.54, 1.807) is 24.3 Å². The van der Waals surface area contributed by atoms with Crippen molar-refractivity contribution in [2.45, 2.75) is 6.54 Å². The Kier molecular flexibility index (Phi) is 2.64. The first-order chi connectivity index (χ1) is 9.24. The highest BCUT2D eigenvalue weighted by Crippen LogP contribution is 2.16. The summed E-state index contributed by atoms with van der Waals surface area (Å²) in [6.45, 7) is 0.414. The highest BCUT2D eigenvalue weighted by Gasteiger charge is 2.04. The summed E-state index contributed by atoms with van der Waals surface area (Å²) in [6.07, 6.45) is 0. The Bertz CT molecular complexity index is 777. The van der Waals surface area contributed by atoms with Gasteiger partial charge in [-0.3, -0.25) is 0 Å². The molecule has 0 radical (unpaired) electrons. The van der Waals surface area contributed by atoms with Crippen LogP contribution in [0.4, 0.5) is 5.82 Å². The molecule has 19 heavy (non-hydrogen) atoms. The van der Waals surface area contributed by atoms with Gasteiger partial charge in [-0.2, -0.15) is 9.61 Å². The van der Waals surface area contributed by atoms with Crippen molar-refractivity contribution >= 4 is 11.5 Å². The van der Waals surface area contributed by atoms with E-state index in [9.17, 15) is 9.90 Å². The second-order valence-corrected chi connectivity index (χ2v) is 4.00. The van der Waals surface area contributed by atoms with E-state index in [1.165, 1.54) is 4.52 Å². The number of hydrogen-bond acceptors (Lipinski definition) is 5.